The van der Waals surface area contributed by atoms with E-state index in [2.05, 4.69) is 37.7 Å². The Labute approximate surface area is 181 Å². The first-order valence-electron chi connectivity index (χ1n) is 9.01. The van der Waals surface area contributed by atoms with Crippen LogP contribution in [0.25, 0.3) is 21.6 Å². The predicted molar refractivity (Wildman–Crippen MR) is 119 cm³/mol. The lowest BCUT2D eigenvalue weighted by molar-refractivity contribution is 0.638. The van der Waals surface area contributed by atoms with Crippen LogP contribution in [-0.2, 0) is 10.8 Å². The molecule has 0 spiro atoms. The van der Waals surface area contributed by atoms with Gasteiger partial charge in [0.1, 0.15) is 24.3 Å². The third kappa shape index (κ3) is 2.56. The van der Waals surface area contributed by atoms with Crippen LogP contribution in [0, 0.1) is 45.3 Å². The Morgan fingerprint density at radius 3 is 1.33 bits per heavy atom. The summed E-state index contributed by atoms with van der Waals surface area (Å²) in [4.78, 5) is 10.7. The van der Waals surface area contributed by atoms with Gasteiger partial charge in [0, 0.05) is 20.6 Å². The second-order valence-corrected chi connectivity index (χ2v) is 10.1. The molecule has 8 heteroatoms. The molecule has 0 fully saturated rings. The quantitative estimate of drug-likeness (QED) is 0.612. The Bertz CT molecular complexity index is 1280. The topological polar surface area (TPSA) is 120 Å². The molecule has 0 saturated heterocycles. The molecule has 2 aromatic heterocycles. The molecule has 0 aliphatic heterocycles. The van der Waals surface area contributed by atoms with Gasteiger partial charge in [-0.05, 0) is 23.3 Å². The molecule has 2 aliphatic rings. The zero-order valence-electron chi connectivity index (χ0n) is 16.7. The van der Waals surface area contributed by atoms with Crippen LogP contribution in [0.2, 0.25) is 0 Å². The number of nitrogens with zero attached hydrogens (tertiary/aromatic N) is 6. The Morgan fingerprint density at radius 2 is 1.03 bits per heavy atom. The summed E-state index contributed by atoms with van der Waals surface area (Å²) in [6.07, 6.45) is 3.93. The molecule has 0 bridgehead atoms. The summed E-state index contributed by atoms with van der Waals surface area (Å²) in [6.45, 7) is 8.22. The summed E-state index contributed by atoms with van der Waals surface area (Å²) in [5.41, 5.74) is 2.62. The Kier molecular flexibility index (Phi) is 4.26. The summed E-state index contributed by atoms with van der Waals surface area (Å²) >= 11 is 3.34. The van der Waals surface area contributed by atoms with Gasteiger partial charge in [0.25, 0.3) is 0 Å². The molecule has 0 radical (unpaired) electrons. The highest BCUT2D eigenvalue weighted by atomic mass is 32.1. The molecular weight excluding hydrogens is 412 g/mol. The number of fused-ring (bicyclic) bond motifs is 5. The van der Waals surface area contributed by atoms with Crippen molar-refractivity contribution in [3.8, 4) is 24.3 Å². The van der Waals surface area contributed by atoms with Crippen LogP contribution in [-0.4, -0.2) is 11.4 Å². The summed E-state index contributed by atoms with van der Waals surface area (Å²) in [5, 5.41) is 36.3. The first-order chi connectivity index (χ1) is 14.2. The first kappa shape index (κ1) is 19.7. The van der Waals surface area contributed by atoms with E-state index in [0.717, 1.165) is 9.75 Å². The maximum atomic E-state index is 9.07. The molecule has 2 aliphatic carbocycles. The van der Waals surface area contributed by atoms with E-state index >= 15 is 0 Å². The fraction of sp³-hybridized carbons (Fsp3) is 0.273. The molecule has 4 rings (SSSR count). The second-order valence-electron chi connectivity index (χ2n) is 8.02. The molecule has 0 unspecified atom stereocenters. The van der Waals surface area contributed by atoms with Crippen molar-refractivity contribution in [1.82, 2.24) is 0 Å². The maximum absolute atomic E-state index is 9.07. The van der Waals surface area contributed by atoms with E-state index < -0.39 is 10.8 Å². The fourth-order valence-corrected chi connectivity index (χ4v) is 7.36. The van der Waals surface area contributed by atoms with Crippen molar-refractivity contribution in [3.63, 3.8) is 0 Å². The van der Waals surface area contributed by atoms with Gasteiger partial charge < -0.3 is 0 Å². The SMILES string of the molecule is CC1(C)C(N=C(C#N)C#N)=Cc2sc3c4c(sc3c21)C=C(N=C(C#N)C#N)C4(C)C. The van der Waals surface area contributed by atoms with E-state index in [9.17, 15) is 0 Å². The smallest absolute Gasteiger partial charge is 0.218 e. The number of hydrogen-bond acceptors (Lipinski definition) is 8. The van der Waals surface area contributed by atoms with Crippen LogP contribution in [0.15, 0.2) is 21.4 Å². The Balaban J connectivity index is 1.88. The van der Waals surface area contributed by atoms with Crippen LogP contribution < -0.4 is 0 Å². The molecule has 2 aromatic rings. The van der Waals surface area contributed by atoms with Gasteiger partial charge in [0.2, 0.25) is 11.4 Å². The van der Waals surface area contributed by atoms with Crippen LogP contribution >= 0.6 is 22.7 Å². The maximum Gasteiger partial charge on any atom is 0.218 e. The molecule has 0 saturated carbocycles. The molecule has 30 heavy (non-hydrogen) atoms. The predicted octanol–water partition coefficient (Wildman–Crippen LogP) is 5.20. The number of hydrogen-bond donors (Lipinski definition) is 0. The largest absolute Gasteiger partial charge is 0.231 e. The van der Waals surface area contributed by atoms with Crippen LogP contribution in [0.3, 0.4) is 0 Å². The number of thiophene rings is 2. The van der Waals surface area contributed by atoms with Gasteiger partial charge in [-0.1, -0.05) is 27.7 Å². The number of allylic oxidation sites excluding steroid dienone is 2. The van der Waals surface area contributed by atoms with Crippen molar-refractivity contribution in [3.05, 3.63) is 32.3 Å². The molecule has 144 valence electrons. The van der Waals surface area contributed by atoms with E-state index in [1.807, 2.05) is 36.4 Å². The van der Waals surface area contributed by atoms with Crippen molar-refractivity contribution in [1.29, 1.82) is 21.0 Å². The van der Waals surface area contributed by atoms with Gasteiger partial charge in [-0.2, -0.15) is 21.0 Å². The third-order valence-electron chi connectivity index (χ3n) is 5.53. The third-order valence-corrected chi connectivity index (χ3v) is 7.97. The average molecular weight is 427 g/mol. The number of nitriles is 4. The van der Waals surface area contributed by atoms with Crippen molar-refractivity contribution < 1.29 is 0 Å². The number of aliphatic imine (C=N–C) groups is 2. The van der Waals surface area contributed by atoms with E-state index in [4.69, 9.17) is 21.0 Å². The van der Waals surface area contributed by atoms with Crippen molar-refractivity contribution in [2.24, 2.45) is 9.98 Å². The standard InChI is InChI=1S/C22H14N6S2/c1-21(2)15(27-11(7-23)8-24)5-13-17(21)19-20(29-13)18-14(30-19)6-16(22(18,3)4)28-12(9-25)10-26/h5-6H,1-4H3. The molecular formula is C22H14N6S2. The molecule has 0 atom stereocenters. The normalized spacial score (nSPS) is 16.8. The molecule has 2 heterocycles. The highest BCUT2D eigenvalue weighted by Crippen LogP contribution is 2.57. The van der Waals surface area contributed by atoms with Gasteiger partial charge in [0.05, 0.1) is 20.8 Å². The summed E-state index contributed by atoms with van der Waals surface area (Å²) in [6, 6.07) is 7.33. The Hall–Kier alpha value is -3.56. The average Bonchev–Trinajstić information content (AvgIpc) is 3.35. The van der Waals surface area contributed by atoms with Gasteiger partial charge in [-0.3, -0.25) is 0 Å². The zero-order valence-corrected chi connectivity index (χ0v) is 18.3. The zero-order chi connectivity index (χ0) is 21.8. The summed E-state index contributed by atoms with van der Waals surface area (Å²) < 4.78 is 2.35. The lowest BCUT2D eigenvalue weighted by Gasteiger charge is -2.21. The highest BCUT2D eigenvalue weighted by Gasteiger charge is 2.42. The van der Waals surface area contributed by atoms with Crippen molar-refractivity contribution >= 4 is 55.6 Å². The first-order valence-corrected chi connectivity index (χ1v) is 10.6. The number of rotatable bonds is 2. The second kappa shape index (κ2) is 6.48. The summed E-state index contributed by atoms with van der Waals surface area (Å²) in [7, 11) is 0. The lowest BCUT2D eigenvalue weighted by Crippen LogP contribution is -2.17. The molecule has 0 N–H and O–H groups in total. The van der Waals surface area contributed by atoms with E-state index in [1.54, 1.807) is 22.7 Å². The van der Waals surface area contributed by atoms with Gasteiger partial charge in [-0.15, -0.1) is 22.7 Å². The van der Waals surface area contributed by atoms with Crippen LogP contribution in [0.4, 0.5) is 0 Å². The fourth-order valence-electron chi connectivity index (χ4n) is 3.95. The molecule has 0 aromatic carbocycles. The van der Waals surface area contributed by atoms with E-state index in [1.165, 1.54) is 20.5 Å². The molecule has 0 amide bonds. The van der Waals surface area contributed by atoms with E-state index in [-0.39, 0.29) is 11.4 Å². The highest BCUT2D eigenvalue weighted by molar-refractivity contribution is 7.29. The minimum absolute atomic E-state index is 0.147. The van der Waals surface area contributed by atoms with Crippen molar-refractivity contribution in [2.45, 2.75) is 38.5 Å². The lowest BCUT2D eigenvalue weighted by atomic mass is 9.84. The van der Waals surface area contributed by atoms with Crippen LogP contribution in [0.5, 0.6) is 0 Å². The van der Waals surface area contributed by atoms with Gasteiger partial charge >= 0.3 is 0 Å². The minimum Gasteiger partial charge on any atom is -0.231 e. The van der Waals surface area contributed by atoms with Gasteiger partial charge in [-0.25, -0.2) is 9.98 Å². The monoisotopic (exact) mass is 426 g/mol. The van der Waals surface area contributed by atoms with E-state index in [0.29, 0.717) is 11.4 Å². The Morgan fingerprint density at radius 1 is 0.700 bits per heavy atom. The minimum atomic E-state index is -0.422. The molecule has 6 nitrogen and oxygen atoms in total. The van der Waals surface area contributed by atoms with Gasteiger partial charge in [0.15, 0.2) is 0 Å². The van der Waals surface area contributed by atoms with Crippen LogP contribution in [0.1, 0.15) is 48.6 Å². The summed E-state index contributed by atoms with van der Waals surface area (Å²) in [5.74, 6) is 0. The van der Waals surface area contributed by atoms with Crippen molar-refractivity contribution in [2.75, 3.05) is 0 Å².